The number of methoxy groups -OCH3 is 1. The summed E-state index contributed by atoms with van der Waals surface area (Å²) in [6.45, 7) is 2.10. The van der Waals surface area contributed by atoms with Crippen molar-refractivity contribution in [2.45, 2.75) is 13.3 Å². The molecule has 0 saturated heterocycles. The second-order valence-electron chi connectivity index (χ2n) is 7.08. The summed E-state index contributed by atoms with van der Waals surface area (Å²) >= 11 is 0. The number of hydrogen-bond donors (Lipinski definition) is 1. The van der Waals surface area contributed by atoms with Gasteiger partial charge in [0, 0.05) is 22.9 Å². The Labute approximate surface area is 186 Å². The van der Waals surface area contributed by atoms with Crippen molar-refractivity contribution in [2.75, 3.05) is 12.4 Å². The Morgan fingerprint density at radius 2 is 1.62 bits per heavy atom. The first-order valence-electron chi connectivity index (χ1n) is 10.3. The van der Waals surface area contributed by atoms with Gasteiger partial charge in [-0.15, -0.1) is 0 Å². The number of para-hydroxylation sites is 2. The zero-order valence-electron chi connectivity index (χ0n) is 17.9. The van der Waals surface area contributed by atoms with Crippen LogP contribution < -0.4 is 14.8 Å². The minimum absolute atomic E-state index is 0.163. The van der Waals surface area contributed by atoms with E-state index in [4.69, 9.17) is 9.47 Å². The molecule has 4 rings (SSSR count). The Morgan fingerprint density at radius 1 is 0.906 bits per heavy atom. The number of aromatic nitrogens is 2. The maximum atomic E-state index is 12.6. The van der Waals surface area contributed by atoms with E-state index in [1.165, 1.54) is 11.9 Å². The molecule has 6 heteroatoms. The zero-order chi connectivity index (χ0) is 22.3. The molecule has 0 fully saturated rings. The number of nitrogens with zero attached hydrogens (tertiary/aromatic N) is 2. The number of carbonyl (C=O) groups excluding carboxylic acids is 1. The molecule has 1 aromatic heterocycles. The Morgan fingerprint density at radius 3 is 2.31 bits per heavy atom. The van der Waals surface area contributed by atoms with Crippen LogP contribution in [0.3, 0.4) is 0 Å². The maximum Gasteiger partial charge on any atom is 0.255 e. The highest BCUT2D eigenvalue weighted by molar-refractivity contribution is 6.04. The average molecular weight is 425 g/mol. The van der Waals surface area contributed by atoms with Crippen molar-refractivity contribution in [3.05, 3.63) is 96.3 Å². The molecule has 0 atom stereocenters. The van der Waals surface area contributed by atoms with E-state index in [2.05, 4.69) is 22.2 Å². The number of nitrogens with one attached hydrogen (secondary N) is 1. The number of rotatable bonds is 7. The molecule has 1 amide bonds. The fourth-order valence-corrected chi connectivity index (χ4v) is 3.19. The Bertz CT molecular complexity index is 1210. The van der Waals surface area contributed by atoms with Gasteiger partial charge in [-0.2, -0.15) is 0 Å². The lowest BCUT2D eigenvalue weighted by atomic mass is 10.1. The van der Waals surface area contributed by atoms with Crippen molar-refractivity contribution in [1.29, 1.82) is 0 Å². The van der Waals surface area contributed by atoms with Crippen LogP contribution in [0.1, 0.15) is 22.8 Å². The molecular formula is C26H23N3O3. The van der Waals surface area contributed by atoms with E-state index < -0.39 is 0 Å². The van der Waals surface area contributed by atoms with Crippen LogP contribution in [0, 0.1) is 0 Å². The van der Waals surface area contributed by atoms with Crippen molar-refractivity contribution < 1.29 is 14.3 Å². The van der Waals surface area contributed by atoms with Gasteiger partial charge >= 0.3 is 0 Å². The number of ether oxygens (including phenoxy) is 2. The highest BCUT2D eigenvalue weighted by Crippen LogP contribution is 2.31. The highest BCUT2D eigenvalue weighted by Gasteiger charge is 2.10. The molecule has 1 N–H and O–H groups in total. The fourth-order valence-electron chi connectivity index (χ4n) is 3.19. The Kier molecular flexibility index (Phi) is 6.41. The summed E-state index contributed by atoms with van der Waals surface area (Å²) in [7, 11) is 1.59. The average Bonchev–Trinajstić information content (AvgIpc) is 2.85. The van der Waals surface area contributed by atoms with E-state index in [0.717, 1.165) is 17.7 Å². The fraction of sp³-hybridized carbons (Fsp3) is 0.115. The van der Waals surface area contributed by atoms with Gasteiger partial charge in [0.15, 0.2) is 11.5 Å². The smallest absolute Gasteiger partial charge is 0.255 e. The van der Waals surface area contributed by atoms with Gasteiger partial charge < -0.3 is 14.8 Å². The second kappa shape index (κ2) is 9.75. The molecule has 4 aromatic rings. The topological polar surface area (TPSA) is 73.3 Å². The summed E-state index contributed by atoms with van der Waals surface area (Å²) in [4.78, 5) is 21.1. The highest BCUT2D eigenvalue weighted by atomic mass is 16.5. The first-order valence-corrected chi connectivity index (χ1v) is 10.3. The van der Waals surface area contributed by atoms with Crippen molar-refractivity contribution >= 4 is 11.6 Å². The molecule has 32 heavy (non-hydrogen) atoms. The van der Waals surface area contributed by atoms with Crippen LogP contribution >= 0.6 is 0 Å². The molecule has 160 valence electrons. The van der Waals surface area contributed by atoms with E-state index >= 15 is 0 Å². The quantitative estimate of drug-likeness (QED) is 0.408. The molecular weight excluding hydrogens is 402 g/mol. The summed E-state index contributed by atoms with van der Waals surface area (Å²) < 4.78 is 11.2. The minimum Gasteiger partial charge on any atom is -0.493 e. The molecule has 6 nitrogen and oxygen atoms in total. The number of benzene rings is 3. The lowest BCUT2D eigenvalue weighted by Gasteiger charge is -2.10. The predicted octanol–water partition coefficient (Wildman–Crippen LogP) is 5.76. The van der Waals surface area contributed by atoms with Crippen LogP contribution in [-0.2, 0) is 6.42 Å². The standard InChI is InChI=1S/C26H23N3O3/c1-3-18-8-14-21(15-9-18)29-26(30)20-12-10-19(11-13-20)22-16-25(28-17-27-22)32-24-7-5-4-6-23(24)31-2/h4-17H,3H2,1-2H3,(H,29,30). The lowest BCUT2D eigenvalue weighted by molar-refractivity contribution is 0.102. The van der Waals surface area contributed by atoms with Gasteiger partial charge in [-0.25, -0.2) is 9.97 Å². The van der Waals surface area contributed by atoms with Crippen LogP contribution in [0.25, 0.3) is 11.3 Å². The summed E-state index contributed by atoms with van der Waals surface area (Å²) in [5.74, 6) is 1.42. The zero-order valence-corrected chi connectivity index (χ0v) is 17.9. The third kappa shape index (κ3) is 4.92. The van der Waals surface area contributed by atoms with Crippen molar-refractivity contribution in [3.8, 4) is 28.6 Å². The third-order valence-electron chi connectivity index (χ3n) is 4.99. The normalized spacial score (nSPS) is 10.4. The van der Waals surface area contributed by atoms with Gasteiger partial charge in [0.2, 0.25) is 5.88 Å². The summed E-state index contributed by atoms with van der Waals surface area (Å²) in [5, 5.41) is 2.92. The van der Waals surface area contributed by atoms with Crippen molar-refractivity contribution in [3.63, 3.8) is 0 Å². The van der Waals surface area contributed by atoms with Gasteiger partial charge in [-0.3, -0.25) is 4.79 Å². The maximum absolute atomic E-state index is 12.6. The molecule has 0 aliphatic rings. The number of carbonyl (C=O) groups is 1. The summed E-state index contributed by atoms with van der Waals surface area (Å²) in [5.41, 5.74) is 4.09. The van der Waals surface area contributed by atoms with Gasteiger partial charge in [-0.1, -0.05) is 43.3 Å². The number of hydrogen-bond acceptors (Lipinski definition) is 5. The second-order valence-corrected chi connectivity index (χ2v) is 7.08. The van der Waals surface area contributed by atoms with E-state index in [-0.39, 0.29) is 5.91 Å². The van der Waals surface area contributed by atoms with Crippen LogP contribution in [0.15, 0.2) is 85.2 Å². The SMILES string of the molecule is CCc1ccc(NC(=O)c2ccc(-c3cc(Oc4ccccc4OC)ncn3)cc2)cc1. The number of aryl methyl sites for hydroxylation is 1. The molecule has 3 aromatic carbocycles. The van der Waals surface area contributed by atoms with Gasteiger partial charge in [0.05, 0.1) is 12.8 Å². The van der Waals surface area contributed by atoms with E-state index in [1.54, 1.807) is 25.3 Å². The molecule has 0 radical (unpaired) electrons. The molecule has 0 aliphatic carbocycles. The van der Waals surface area contributed by atoms with E-state index in [0.29, 0.717) is 28.6 Å². The first-order chi connectivity index (χ1) is 15.7. The lowest BCUT2D eigenvalue weighted by Crippen LogP contribution is -2.11. The molecule has 0 unspecified atom stereocenters. The first kappa shape index (κ1) is 21.1. The van der Waals surface area contributed by atoms with Crippen LogP contribution in [0.2, 0.25) is 0 Å². The summed E-state index contributed by atoms with van der Waals surface area (Å²) in [6.07, 6.45) is 2.41. The van der Waals surface area contributed by atoms with Gasteiger partial charge in [0.25, 0.3) is 5.91 Å². The van der Waals surface area contributed by atoms with Crippen LogP contribution in [-0.4, -0.2) is 23.0 Å². The van der Waals surface area contributed by atoms with Gasteiger partial charge in [-0.05, 0) is 48.4 Å². The Hall–Kier alpha value is -4.19. The van der Waals surface area contributed by atoms with Gasteiger partial charge in [0.1, 0.15) is 6.33 Å². The summed E-state index contributed by atoms with van der Waals surface area (Å²) in [6, 6.07) is 24.2. The van der Waals surface area contributed by atoms with Crippen LogP contribution in [0.5, 0.6) is 17.4 Å². The minimum atomic E-state index is -0.163. The molecule has 0 saturated carbocycles. The van der Waals surface area contributed by atoms with Crippen LogP contribution in [0.4, 0.5) is 5.69 Å². The predicted molar refractivity (Wildman–Crippen MR) is 124 cm³/mol. The Balaban J connectivity index is 1.47. The largest absolute Gasteiger partial charge is 0.493 e. The van der Waals surface area contributed by atoms with Crippen molar-refractivity contribution in [2.24, 2.45) is 0 Å². The van der Waals surface area contributed by atoms with E-state index in [9.17, 15) is 4.79 Å². The molecule has 0 aliphatic heterocycles. The molecule has 1 heterocycles. The molecule has 0 bridgehead atoms. The van der Waals surface area contributed by atoms with Crippen molar-refractivity contribution in [1.82, 2.24) is 9.97 Å². The monoisotopic (exact) mass is 425 g/mol. The van der Waals surface area contributed by atoms with E-state index in [1.807, 2.05) is 60.7 Å². The number of anilines is 1. The third-order valence-corrected chi connectivity index (χ3v) is 4.99. The molecule has 0 spiro atoms. The number of amides is 1.